The van der Waals surface area contributed by atoms with Crippen LogP contribution in [0.2, 0.25) is 0 Å². The van der Waals surface area contributed by atoms with Crippen molar-refractivity contribution in [2.24, 2.45) is 0 Å². The number of hydrogen-bond donors (Lipinski definition) is 0. The first-order chi connectivity index (χ1) is 17.9. The second-order valence-electron chi connectivity index (χ2n) is 9.33. The highest BCUT2D eigenvalue weighted by Crippen LogP contribution is 2.46. The predicted molar refractivity (Wildman–Crippen MR) is 125 cm³/mol. The Morgan fingerprint density at radius 1 is 1.22 bits per heavy atom. The quantitative estimate of drug-likeness (QED) is 0.389. The van der Waals surface area contributed by atoms with Gasteiger partial charge in [-0.1, -0.05) is 11.3 Å². The third kappa shape index (κ3) is 3.73. The van der Waals surface area contributed by atoms with Crippen molar-refractivity contribution in [1.82, 2.24) is 34.5 Å². The van der Waals surface area contributed by atoms with Gasteiger partial charge in [-0.15, -0.1) is 5.10 Å². The average Bonchev–Trinajstić information content (AvgIpc) is 3.57. The van der Waals surface area contributed by atoms with E-state index in [4.69, 9.17) is 10.00 Å². The van der Waals surface area contributed by atoms with Crippen molar-refractivity contribution in [3.8, 4) is 29.3 Å². The number of fused-ring (bicyclic) bond motifs is 2. The zero-order valence-corrected chi connectivity index (χ0v) is 19.8. The highest BCUT2D eigenvalue weighted by atomic mass is 19.3. The Morgan fingerprint density at radius 2 is 2.03 bits per heavy atom. The summed E-state index contributed by atoms with van der Waals surface area (Å²) >= 11 is 0. The van der Waals surface area contributed by atoms with Crippen molar-refractivity contribution >= 4 is 5.52 Å². The summed E-state index contributed by atoms with van der Waals surface area (Å²) in [7, 11) is 0. The van der Waals surface area contributed by atoms with E-state index in [1.165, 1.54) is 16.9 Å². The third-order valence-electron chi connectivity index (χ3n) is 7.08. The van der Waals surface area contributed by atoms with Crippen molar-refractivity contribution in [2.45, 2.75) is 44.3 Å². The maximum absolute atomic E-state index is 15.0. The SMILES string of the molecule is Cc1c(-c2cc(OC3c4ncccc4CC3(F)F)c3c(C#N)cnn3c2)nnn1C1CCN(C#N)CC1. The Bertz CT molecular complexity index is 1590. The lowest BCUT2D eigenvalue weighted by molar-refractivity contribution is -0.0854. The van der Waals surface area contributed by atoms with Gasteiger partial charge in [-0.05, 0) is 37.5 Å². The molecular weight excluding hydrogens is 480 g/mol. The Kier molecular flexibility index (Phi) is 5.26. The van der Waals surface area contributed by atoms with E-state index in [9.17, 15) is 5.26 Å². The summed E-state index contributed by atoms with van der Waals surface area (Å²) in [5.41, 5.74) is 3.02. The molecule has 6 rings (SSSR count). The standard InChI is InChI=1S/C25H21F2N9O/c1-15-21(32-33-36(15)19-4-7-34(14-29)8-5-19)17-9-20(23-18(11-28)12-31-35(23)13-17)37-24-22-16(3-2-6-30-22)10-25(24,26)27/h2-3,6,9,12-13,19,24H,4-5,7-8,10H2,1H3. The van der Waals surface area contributed by atoms with Gasteiger partial charge >= 0.3 is 0 Å². The minimum absolute atomic E-state index is 0.0889. The van der Waals surface area contributed by atoms with E-state index in [1.807, 2.05) is 11.6 Å². The molecule has 0 aromatic carbocycles. The first-order valence-corrected chi connectivity index (χ1v) is 11.9. The van der Waals surface area contributed by atoms with Gasteiger partial charge in [0, 0.05) is 37.5 Å². The summed E-state index contributed by atoms with van der Waals surface area (Å²) in [4.78, 5) is 5.88. The van der Waals surface area contributed by atoms with Crippen LogP contribution in [0.25, 0.3) is 16.8 Å². The zero-order chi connectivity index (χ0) is 25.7. The molecule has 37 heavy (non-hydrogen) atoms. The van der Waals surface area contributed by atoms with Crippen LogP contribution in [0.1, 0.15) is 47.5 Å². The molecule has 1 atom stereocenters. The van der Waals surface area contributed by atoms with Gasteiger partial charge in [0.25, 0.3) is 5.92 Å². The van der Waals surface area contributed by atoms with E-state index in [1.54, 1.807) is 29.3 Å². The van der Waals surface area contributed by atoms with Crippen LogP contribution in [0.3, 0.4) is 0 Å². The van der Waals surface area contributed by atoms with E-state index >= 15 is 8.78 Å². The first kappa shape index (κ1) is 22.9. The van der Waals surface area contributed by atoms with Gasteiger partial charge < -0.3 is 9.64 Å². The molecule has 0 radical (unpaired) electrons. The van der Waals surface area contributed by atoms with Crippen LogP contribution < -0.4 is 4.74 Å². The smallest absolute Gasteiger partial charge is 0.293 e. The minimum atomic E-state index is -3.17. The van der Waals surface area contributed by atoms with E-state index < -0.39 is 18.4 Å². The molecule has 1 aliphatic heterocycles. The molecule has 1 aliphatic carbocycles. The zero-order valence-electron chi connectivity index (χ0n) is 19.8. The molecule has 2 aliphatic rings. The van der Waals surface area contributed by atoms with Crippen molar-refractivity contribution in [3.05, 3.63) is 59.3 Å². The normalized spacial score (nSPS) is 18.9. The van der Waals surface area contributed by atoms with E-state index in [0.29, 0.717) is 35.4 Å². The third-order valence-corrected chi connectivity index (χ3v) is 7.08. The van der Waals surface area contributed by atoms with Crippen molar-refractivity contribution in [3.63, 3.8) is 0 Å². The van der Waals surface area contributed by atoms with Crippen molar-refractivity contribution in [2.75, 3.05) is 13.1 Å². The molecule has 0 amide bonds. The van der Waals surface area contributed by atoms with Crippen molar-refractivity contribution < 1.29 is 13.5 Å². The number of aromatic nitrogens is 6. The Morgan fingerprint density at radius 3 is 2.78 bits per heavy atom. The summed E-state index contributed by atoms with van der Waals surface area (Å²) in [6.45, 7) is 3.19. The molecule has 0 saturated carbocycles. The molecule has 4 aromatic heterocycles. The highest BCUT2D eigenvalue weighted by Gasteiger charge is 2.51. The summed E-state index contributed by atoms with van der Waals surface area (Å²) in [5, 5.41) is 31.7. The largest absolute Gasteiger partial charge is 0.475 e. The minimum Gasteiger partial charge on any atom is -0.475 e. The summed E-state index contributed by atoms with van der Waals surface area (Å²) in [6.07, 6.45) is 6.14. The molecule has 4 aromatic rings. The van der Waals surface area contributed by atoms with Crippen LogP contribution >= 0.6 is 0 Å². The number of pyridine rings is 2. The summed E-state index contributed by atoms with van der Waals surface area (Å²) in [5.74, 6) is -3.08. The van der Waals surface area contributed by atoms with Crippen LogP contribution in [0.15, 0.2) is 36.8 Å². The van der Waals surface area contributed by atoms with Crippen LogP contribution in [-0.2, 0) is 6.42 Å². The Hall–Kier alpha value is -4.58. The number of likely N-dealkylation sites (tertiary alicyclic amines) is 1. The van der Waals surface area contributed by atoms with Crippen LogP contribution in [0.5, 0.6) is 5.75 Å². The number of halogens is 2. The lowest BCUT2D eigenvalue weighted by Gasteiger charge is -2.28. The van der Waals surface area contributed by atoms with Crippen molar-refractivity contribution in [1.29, 1.82) is 10.5 Å². The lowest BCUT2D eigenvalue weighted by Crippen LogP contribution is -2.31. The maximum Gasteiger partial charge on any atom is 0.293 e. The topological polar surface area (TPSA) is 121 Å². The van der Waals surface area contributed by atoms with E-state index in [0.717, 1.165) is 18.5 Å². The highest BCUT2D eigenvalue weighted by molar-refractivity contribution is 5.75. The molecule has 1 unspecified atom stereocenters. The van der Waals surface area contributed by atoms with E-state index in [-0.39, 0.29) is 23.0 Å². The molecule has 0 N–H and O–H groups in total. The number of alkyl halides is 2. The fourth-order valence-corrected chi connectivity index (χ4v) is 5.20. The van der Waals surface area contributed by atoms with Gasteiger partial charge in [0.2, 0.25) is 6.10 Å². The number of ether oxygens (including phenoxy) is 1. The number of rotatable bonds is 4. The van der Waals surface area contributed by atoms with Gasteiger partial charge in [0.15, 0.2) is 6.19 Å². The Balaban J connectivity index is 1.41. The predicted octanol–water partition coefficient (Wildman–Crippen LogP) is 3.60. The molecule has 1 saturated heterocycles. The second kappa shape index (κ2) is 8.52. The molecule has 0 bridgehead atoms. The first-order valence-electron chi connectivity index (χ1n) is 11.9. The van der Waals surface area contributed by atoms with Crippen LogP contribution in [0, 0.1) is 29.7 Å². The molecule has 0 spiro atoms. The molecule has 12 heteroatoms. The van der Waals surface area contributed by atoms with Crippen LogP contribution in [-0.4, -0.2) is 53.5 Å². The second-order valence-corrected chi connectivity index (χ2v) is 9.33. The van der Waals surface area contributed by atoms with Gasteiger partial charge in [0.05, 0.1) is 23.6 Å². The average molecular weight is 502 g/mol. The van der Waals surface area contributed by atoms with Gasteiger partial charge in [-0.2, -0.15) is 15.6 Å². The number of nitrogens with zero attached hydrogens (tertiary/aromatic N) is 9. The van der Waals surface area contributed by atoms with Gasteiger partial charge in [0.1, 0.15) is 28.6 Å². The number of hydrogen-bond acceptors (Lipinski definition) is 8. The molecule has 1 fully saturated rings. The molecule has 5 heterocycles. The number of piperidine rings is 1. The molecule has 10 nitrogen and oxygen atoms in total. The van der Waals surface area contributed by atoms with Gasteiger partial charge in [-0.25, -0.2) is 18.0 Å². The summed E-state index contributed by atoms with van der Waals surface area (Å²) < 4.78 is 39.3. The fraction of sp³-hybridized carbons (Fsp3) is 0.360. The van der Waals surface area contributed by atoms with Crippen LogP contribution in [0.4, 0.5) is 8.78 Å². The van der Waals surface area contributed by atoms with E-state index in [2.05, 4.69) is 32.7 Å². The maximum atomic E-state index is 15.0. The lowest BCUT2D eigenvalue weighted by atomic mass is 10.0. The summed E-state index contributed by atoms with van der Waals surface area (Å²) in [6, 6.07) is 7.00. The monoisotopic (exact) mass is 501 g/mol. The molecular formula is C25H21F2N9O. The molecule has 186 valence electrons. The Labute approximate surface area is 210 Å². The van der Waals surface area contributed by atoms with Gasteiger partial charge in [-0.3, -0.25) is 4.98 Å². The number of nitriles is 2. The fourth-order valence-electron chi connectivity index (χ4n) is 5.20.